The van der Waals surface area contributed by atoms with E-state index in [0.717, 1.165) is 13.0 Å². The van der Waals surface area contributed by atoms with E-state index < -0.39 is 0 Å². The summed E-state index contributed by atoms with van der Waals surface area (Å²) in [6, 6.07) is 0.380. The fraction of sp³-hybridized carbons (Fsp3) is 0.500. The number of rotatable bonds is 0. The molecule has 0 aromatic rings. The Morgan fingerprint density at radius 3 is 3.50 bits per heavy atom. The Morgan fingerprint density at radius 2 is 2.70 bits per heavy atom. The highest BCUT2D eigenvalue weighted by Crippen LogP contribution is 2.13. The molecule has 1 unspecified atom stereocenters. The lowest BCUT2D eigenvalue weighted by molar-refractivity contribution is 0.287. The van der Waals surface area contributed by atoms with Crippen LogP contribution < -0.4 is 11.2 Å². The third-order valence-corrected chi connectivity index (χ3v) is 1.80. The number of hydrogen-bond acceptors (Lipinski definition) is 4. The van der Waals surface area contributed by atoms with Crippen molar-refractivity contribution in [1.29, 1.82) is 0 Å². The monoisotopic (exact) mass is 138 g/mol. The van der Waals surface area contributed by atoms with E-state index in [4.69, 9.17) is 5.73 Å². The third-order valence-electron chi connectivity index (χ3n) is 1.80. The lowest BCUT2D eigenvalue weighted by atomic mass is 10.2. The van der Waals surface area contributed by atoms with Gasteiger partial charge in [0.05, 0.1) is 12.2 Å². The van der Waals surface area contributed by atoms with Crippen LogP contribution in [0.3, 0.4) is 0 Å². The lowest BCUT2D eigenvalue weighted by Crippen LogP contribution is -2.41. The smallest absolute Gasteiger partial charge is 0.133 e. The summed E-state index contributed by atoms with van der Waals surface area (Å²) in [5.41, 5.74) is 8.79. The van der Waals surface area contributed by atoms with Crippen molar-refractivity contribution in [2.24, 2.45) is 10.7 Å². The second-order valence-electron chi connectivity index (χ2n) is 2.49. The van der Waals surface area contributed by atoms with Crippen molar-refractivity contribution in [3.05, 3.63) is 12.0 Å². The highest BCUT2D eigenvalue weighted by molar-refractivity contribution is 5.67. The SMILES string of the molecule is NC1=CN=CC2CCNN12. The van der Waals surface area contributed by atoms with Crippen LogP contribution in [0.5, 0.6) is 0 Å². The third kappa shape index (κ3) is 0.690. The highest BCUT2D eigenvalue weighted by Gasteiger charge is 2.24. The molecule has 0 aliphatic carbocycles. The highest BCUT2D eigenvalue weighted by atomic mass is 15.6. The molecule has 1 atom stereocenters. The summed E-state index contributed by atoms with van der Waals surface area (Å²) in [5.74, 6) is 0.713. The maximum Gasteiger partial charge on any atom is 0.133 e. The van der Waals surface area contributed by atoms with Crippen LogP contribution in [0, 0.1) is 0 Å². The molecule has 54 valence electrons. The molecule has 2 aliphatic heterocycles. The molecule has 0 spiro atoms. The summed E-state index contributed by atoms with van der Waals surface area (Å²) >= 11 is 0. The van der Waals surface area contributed by atoms with Crippen LogP contribution in [0.25, 0.3) is 0 Å². The molecule has 0 aromatic carbocycles. The van der Waals surface area contributed by atoms with E-state index in [-0.39, 0.29) is 0 Å². The van der Waals surface area contributed by atoms with Gasteiger partial charge in [0, 0.05) is 12.8 Å². The summed E-state index contributed by atoms with van der Waals surface area (Å²) in [6.07, 6.45) is 4.67. The lowest BCUT2D eigenvalue weighted by Gasteiger charge is -2.24. The van der Waals surface area contributed by atoms with Gasteiger partial charge in [0.2, 0.25) is 0 Å². The largest absolute Gasteiger partial charge is 0.383 e. The molecule has 0 aromatic heterocycles. The van der Waals surface area contributed by atoms with Crippen LogP contribution in [0.4, 0.5) is 0 Å². The van der Waals surface area contributed by atoms with E-state index in [0.29, 0.717) is 11.9 Å². The van der Waals surface area contributed by atoms with Gasteiger partial charge in [-0.1, -0.05) is 0 Å². The van der Waals surface area contributed by atoms with Crippen LogP contribution in [-0.4, -0.2) is 23.8 Å². The first kappa shape index (κ1) is 5.73. The summed E-state index contributed by atoms with van der Waals surface area (Å²) in [7, 11) is 0. The van der Waals surface area contributed by atoms with Gasteiger partial charge < -0.3 is 5.73 Å². The second kappa shape index (κ2) is 1.98. The molecule has 3 N–H and O–H groups in total. The maximum atomic E-state index is 5.63. The minimum absolute atomic E-state index is 0.380. The molecular formula is C6H10N4. The Kier molecular flexibility index (Phi) is 1.14. The van der Waals surface area contributed by atoms with Crippen molar-refractivity contribution in [2.45, 2.75) is 12.5 Å². The fourth-order valence-electron chi connectivity index (χ4n) is 1.28. The Labute approximate surface area is 59.4 Å². The number of hydrogen-bond donors (Lipinski definition) is 2. The van der Waals surface area contributed by atoms with Gasteiger partial charge in [-0.25, -0.2) is 5.43 Å². The van der Waals surface area contributed by atoms with Gasteiger partial charge in [-0.2, -0.15) is 0 Å². The minimum Gasteiger partial charge on any atom is -0.383 e. The van der Waals surface area contributed by atoms with Gasteiger partial charge in [0.25, 0.3) is 0 Å². The second-order valence-corrected chi connectivity index (χ2v) is 2.49. The molecule has 2 rings (SSSR count). The van der Waals surface area contributed by atoms with E-state index in [2.05, 4.69) is 10.4 Å². The van der Waals surface area contributed by atoms with Crippen molar-refractivity contribution in [3.8, 4) is 0 Å². The molecule has 4 heteroatoms. The van der Waals surface area contributed by atoms with Gasteiger partial charge in [0.1, 0.15) is 5.82 Å². The van der Waals surface area contributed by atoms with Gasteiger partial charge >= 0.3 is 0 Å². The molecule has 0 radical (unpaired) electrons. The van der Waals surface area contributed by atoms with Crippen molar-refractivity contribution in [3.63, 3.8) is 0 Å². The topological polar surface area (TPSA) is 53.6 Å². The van der Waals surface area contributed by atoms with Crippen LogP contribution >= 0.6 is 0 Å². The van der Waals surface area contributed by atoms with Crippen molar-refractivity contribution >= 4 is 6.21 Å². The normalized spacial score (nSPS) is 30.2. The summed E-state index contributed by atoms with van der Waals surface area (Å²) < 4.78 is 0. The van der Waals surface area contributed by atoms with Gasteiger partial charge in [0.15, 0.2) is 0 Å². The Hall–Kier alpha value is -1.03. The molecule has 10 heavy (non-hydrogen) atoms. The van der Waals surface area contributed by atoms with E-state index in [1.54, 1.807) is 6.20 Å². The molecule has 2 heterocycles. The fourth-order valence-corrected chi connectivity index (χ4v) is 1.28. The van der Waals surface area contributed by atoms with E-state index in [9.17, 15) is 0 Å². The summed E-state index contributed by atoms with van der Waals surface area (Å²) in [6.45, 7) is 0.991. The first-order valence-corrected chi connectivity index (χ1v) is 3.39. The molecule has 0 bridgehead atoms. The average molecular weight is 138 g/mol. The predicted molar refractivity (Wildman–Crippen MR) is 39.0 cm³/mol. The number of nitrogens with two attached hydrogens (primary N) is 1. The number of nitrogens with one attached hydrogen (secondary N) is 1. The molecule has 2 aliphatic rings. The van der Waals surface area contributed by atoms with Crippen LogP contribution in [0.15, 0.2) is 17.0 Å². The van der Waals surface area contributed by atoms with Crippen LogP contribution in [0.2, 0.25) is 0 Å². The molecular weight excluding hydrogens is 128 g/mol. The van der Waals surface area contributed by atoms with Gasteiger partial charge in [-0.15, -0.1) is 0 Å². The van der Waals surface area contributed by atoms with Crippen molar-refractivity contribution in [2.75, 3.05) is 6.54 Å². The Balaban J connectivity index is 2.24. The number of fused-ring (bicyclic) bond motifs is 1. The van der Waals surface area contributed by atoms with Crippen LogP contribution in [0.1, 0.15) is 6.42 Å². The molecule has 0 amide bonds. The zero-order valence-electron chi connectivity index (χ0n) is 5.62. The number of nitrogens with zero attached hydrogens (tertiary/aromatic N) is 2. The summed E-state index contributed by atoms with van der Waals surface area (Å²) in [5, 5.41) is 1.95. The molecule has 1 saturated heterocycles. The van der Waals surface area contributed by atoms with Gasteiger partial charge in [-0.05, 0) is 6.42 Å². The molecule has 0 saturated carbocycles. The Bertz CT molecular complexity index is 196. The Morgan fingerprint density at radius 1 is 1.80 bits per heavy atom. The zero-order valence-corrected chi connectivity index (χ0v) is 5.62. The van der Waals surface area contributed by atoms with E-state index in [1.165, 1.54) is 0 Å². The number of aliphatic imine (C=N–C) groups is 1. The summed E-state index contributed by atoms with van der Waals surface area (Å²) in [4.78, 5) is 4.01. The zero-order chi connectivity index (χ0) is 6.97. The van der Waals surface area contributed by atoms with Gasteiger partial charge in [-0.3, -0.25) is 10.0 Å². The predicted octanol–water partition coefficient (Wildman–Crippen LogP) is -0.593. The molecule has 4 nitrogen and oxygen atoms in total. The van der Waals surface area contributed by atoms with Crippen molar-refractivity contribution < 1.29 is 0 Å². The van der Waals surface area contributed by atoms with E-state index >= 15 is 0 Å². The minimum atomic E-state index is 0.380. The van der Waals surface area contributed by atoms with E-state index in [1.807, 2.05) is 11.2 Å². The molecule has 1 fully saturated rings. The standard InChI is InChI=1S/C6H10N4/c7-6-4-8-3-5-1-2-9-10(5)6/h3-5,9H,1-2,7H2. The average Bonchev–Trinajstić information content (AvgIpc) is 2.36. The first-order valence-electron chi connectivity index (χ1n) is 3.39. The van der Waals surface area contributed by atoms with Crippen LogP contribution in [-0.2, 0) is 0 Å². The first-order chi connectivity index (χ1) is 4.88. The maximum absolute atomic E-state index is 5.63. The van der Waals surface area contributed by atoms with Crippen molar-refractivity contribution in [1.82, 2.24) is 10.4 Å². The number of hydrazine groups is 1. The quantitative estimate of drug-likeness (QED) is 0.470.